The van der Waals surface area contributed by atoms with E-state index in [-0.39, 0.29) is 13.2 Å². The molecule has 0 bridgehead atoms. The highest BCUT2D eigenvalue weighted by Gasteiger charge is 2.02. The van der Waals surface area contributed by atoms with Gasteiger partial charge in [-0.05, 0) is 6.92 Å². The average Bonchev–Trinajstić information content (AvgIpc) is 2.16. The Kier molecular flexibility index (Phi) is 6.19. The van der Waals surface area contributed by atoms with Crippen LogP contribution in [0.1, 0.15) is 13.3 Å². The van der Waals surface area contributed by atoms with E-state index in [9.17, 15) is 9.59 Å². The third kappa shape index (κ3) is 6.05. The van der Waals surface area contributed by atoms with E-state index in [1.807, 2.05) is 0 Å². The van der Waals surface area contributed by atoms with Gasteiger partial charge in [0.25, 0.3) is 0 Å². The van der Waals surface area contributed by atoms with Crippen molar-refractivity contribution in [2.24, 2.45) is 0 Å². The van der Waals surface area contributed by atoms with Crippen LogP contribution < -0.4 is 5.32 Å². The number of ether oxygens (including phenoxy) is 2. The third-order valence-electron chi connectivity index (χ3n) is 1.31. The molecule has 0 aliphatic heterocycles. The molecule has 0 aliphatic rings. The monoisotopic (exact) mass is 201 g/mol. The number of nitrogens with one attached hydrogen (secondary N) is 1. The molecule has 0 radical (unpaired) electrons. The zero-order chi connectivity index (χ0) is 11.0. The van der Waals surface area contributed by atoms with Crippen LogP contribution in [0.5, 0.6) is 0 Å². The summed E-state index contributed by atoms with van der Waals surface area (Å²) < 4.78 is 9.44. The molecule has 14 heavy (non-hydrogen) atoms. The number of hydrogen-bond acceptors (Lipinski definition) is 4. The second kappa shape index (κ2) is 6.94. The molecule has 0 aromatic heterocycles. The minimum absolute atomic E-state index is 0.225. The van der Waals surface area contributed by atoms with E-state index >= 15 is 0 Å². The molecule has 5 heteroatoms. The molecule has 0 heterocycles. The Bertz CT molecular complexity index is 225. The van der Waals surface area contributed by atoms with Gasteiger partial charge in [0.05, 0.1) is 13.2 Å². The van der Waals surface area contributed by atoms with Crippen LogP contribution in [0.2, 0.25) is 0 Å². The molecule has 0 spiro atoms. The molecule has 1 amide bonds. The highest BCUT2D eigenvalue weighted by atomic mass is 16.6. The minimum Gasteiger partial charge on any atom is -0.462 e. The second-order valence-corrected chi connectivity index (χ2v) is 2.66. The van der Waals surface area contributed by atoms with E-state index in [4.69, 9.17) is 4.74 Å². The number of amides is 1. The van der Waals surface area contributed by atoms with Crippen LogP contribution in [-0.2, 0) is 14.3 Å². The SMILES string of the molecule is C=C(C)C(=O)OCCCOC(=O)NC. The Hall–Kier alpha value is -1.52. The van der Waals surface area contributed by atoms with E-state index in [0.717, 1.165) is 0 Å². The smallest absolute Gasteiger partial charge is 0.406 e. The normalized spacial score (nSPS) is 9.00. The zero-order valence-electron chi connectivity index (χ0n) is 8.46. The fourth-order valence-electron chi connectivity index (χ4n) is 0.584. The highest BCUT2D eigenvalue weighted by Crippen LogP contribution is 1.93. The maximum Gasteiger partial charge on any atom is 0.406 e. The first kappa shape index (κ1) is 12.5. The van der Waals surface area contributed by atoms with Crippen molar-refractivity contribution in [2.75, 3.05) is 20.3 Å². The van der Waals surface area contributed by atoms with Crippen molar-refractivity contribution >= 4 is 12.1 Å². The summed E-state index contributed by atoms with van der Waals surface area (Å²) >= 11 is 0. The summed E-state index contributed by atoms with van der Waals surface area (Å²) in [7, 11) is 1.48. The van der Waals surface area contributed by atoms with Gasteiger partial charge in [0.1, 0.15) is 0 Å². The molecular weight excluding hydrogens is 186 g/mol. The Balaban J connectivity index is 3.34. The van der Waals surface area contributed by atoms with Crippen LogP contribution in [0.4, 0.5) is 4.79 Å². The summed E-state index contributed by atoms with van der Waals surface area (Å²) in [5.74, 6) is -0.426. The van der Waals surface area contributed by atoms with Crippen molar-refractivity contribution in [1.82, 2.24) is 5.32 Å². The van der Waals surface area contributed by atoms with Crippen LogP contribution in [0.3, 0.4) is 0 Å². The Morgan fingerprint density at radius 2 is 1.86 bits per heavy atom. The molecule has 0 fully saturated rings. The van der Waals surface area contributed by atoms with Crippen molar-refractivity contribution in [3.63, 3.8) is 0 Å². The van der Waals surface area contributed by atoms with Crippen LogP contribution in [0, 0.1) is 0 Å². The number of hydrogen-bond donors (Lipinski definition) is 1. The van der Waals surface area contributed by atoms with Gasteiger partial charge in [-0.25, -0.2) is 9.59 Å². The first-order valence-electron chi connectivity index (χ1n) is 4.25. The maximum atomic E-state index is 10.9. The second-order valence-electron chi connectivity index (χ2n) is 2.66. The molecule has 0 aromatic rings. The van der Waals surface area contributed by atoms with Gasteiger partial charge in [0, 0.05) is 19.0 Å². The summed E-state index contributed by atoms with van der Waals surface area (Å²) in [4.78, 5) is 21.4. The Morgan fingerprint density at radius 1 is 1.29 bits per heavy atom. The lowest BCUT2D eigenvalue weighted by Crippen LogP contribution is -2.20. The predicted molar refractivity (Wildman–Crippen MR) is 50.8 cm³/mol. The molecule has 80 valence electrons. The average molecular weight is 201 g/mol. The molecule has 0 saturated heterocycles. The summed E-state index contributed by atoms with van der Waals surface area (Å²) in [5, 5.41) is 2.30. The van der Waals surface area contributed by atoms with Gasteiger partial charge < -0.3 is 14.8 Å². The lowest BCUT2D eigenvalue weighted by atomic mass is 10.4. The van der Waals surface area contributed by atoms with E-state index in [1.165, 1.54) is 7.05 Å². The lowest BCUT2D eigenvalue weighted by molar-refractivity contribution is -0.139. The van der Waals surface area contributed by atoms with Gasteiger partial charge in [-0.2, -0.15) is 0 Å². The summed E-state index contributed by atoms with van der Waals surface area (Å²) in [6.45, 7) is 5.45. The lowest BCUT2D eigenvalue weighted by Gasteiger charge is -2.05. The first-order chi connectivity index (χ1) is 6.57. The van der Waals surface area contributed by atoms with Gasteiger partial charge >= 0.3 is 12.1 Å². The number of rotatable bonds is 5. The molecule has 5 nitrogen and oxygen atoms in total. The fourth-order valence-corrected chi connectivity index (χ4v) is 0.584. The van der Waals surface area contributed by atoms with E-state index in [2.05, 4.69) is 16.6 Å². The Morgan fingerprint density at radius 3 is 2.36 bits per heavy atom. The summed E-state index contributed by atoms with van der Waals surface area (Å²) in [6, 6.07) is 0. The van der Waals surface area contributed by atoms with Gasteiger partial charge in [-0.1, -0.05) is 6.58 Å². The standard InChI is InChI=1S/C9H15NO4/c1-7(2)8(11)13-5-4-6-14-9(12)10-3/h1,4-6H2,2-3H3,(H,10,12). The first-order valence-corrected chi connectivity index (χ1v) is 4.25. The molecular formula is C9H15NO4. The van der Waals surface area contributed by atoms with Crippen molar-refractivity contribution < 1.29 is 19.1 Å². The topological polar surface area (TPSA) is 64.6 Å². The molecule has 0 rings (SSSR count). The zero-order valence-corrected chi connectivity index (χ0v) is 8.46. The summed E-state index contributed by atoms with van der Waals surface area (Å²) in [6.07, 6.45) is -0.0110. The third-order valence-corrected chi connectivity index (χ3v) is 1.31. The summed E-state index contributed by atoms with van der Waals surface area (Å²) in [5.41, 5.74) is 0.359. The number of alkyl carbamates (subject to hydrolysis) is 1. The highest BCUT2D eigenvalue weighted by molar-refractivity contribution is 5.86. The van der Waals surface area contributed by atoms with Crippen LogP contribution >= 0.6 is 0 Å². The van der Waals surface area contributed by atoms with E-state index in [1.54, 1.807) is 6.92 Å². The van der Waals surface area contributed by atoms with Gasteiger partial charge in [-0.15, -0.1) is 0 Å². The van der Waals surface area contributed by atoms with E-state index in [0.29, 0.717) is 12.0 Å². The van der Waals surface area contributed by atoms with Gasteiger partial charge in [0.2, 0.25) is 0 Å². The molecule has 0 saturated carbocycles. The number of carbonyl (C=O) groups excluding carboxylic acids is 2. The fraction of sp³-hybridized carbons (Fsp3) is 0.556. The number of esters is 1. The van der Waals surface area contributed by atoms with E-state index < -0.39 is 12.1 Å². The molecule has 0 aliphatic carbocycles. The molecule has 1 N–H and O–H groups in total. The van der Waals surface area contributed by atoms with Crippen molar-refractivity contribution in [3.05, 3.63) is 12.2 Å². The van der Waals surface area contributed by atoms with Crippen molar-refractivity contribution in [3.8, 4) is 0 Å². The predicted octanol–water partition coefficient (Wildman–Crippen LogP) is 0.852. The Labute approximate surface area is 83.1 Å². The largest absolute Gasteiger partial charge is 0.462 e. The number of carbonyl (C=O) groups is 2. The van der Waals surface area contributed by atoms with Crippen LogP contribution in [-0.4, -0.2) is 32.3 Å². The molecule has 0 aromatic carbocycles. The molecule has 0 unspecified atom stereocenters. The minimum atomic E-state index is -0.490. The van der Waals surface area contributed by atoms with Crippen LogP contribution in [0.25, 0.3) is 0 Å². The van der Waals surface area contributed by atoms with Crippen molar-refractivity contribution in [1.29, 1.82) is 0 Å². The molecule has 0 atom stereocenters. The quantitative estimate of drug-likeness (QED) is 0.407. The van der Waals surface area contributed by atoms with Crippen molar-refractivity contribution in [2.45, 2.75) is 13.3 Å². The maximum absolute atomic E-state index is 10.9. The van der Waals surface area contributed by atoms with Gasteiger partial charge in [-0.3, -0.25) is 0 Å². The van der Waals surface area contributed by atoms with Crippen LogP contribution in [0.15, 0.2) is 12.2 Å². The van der Waals surface area contributed by atoms with Gasteiger partial charge in [0.15, 0.2) is 0 Å².